The number of alkyl halides is 3. The first kappa shape index (κ1) is 19.0. The number of nitrogens with zero attached hydrogens (tertiary/aromatic N) is 4. The Morgan fingerprint density at radius 2 is 2.00 bits per heavy atom. The van der Waals surface area contributed by atoms with Gasteiger partial charge in [-0.15, -0.1) is 0 Å². The lowest BCUT2D eigenvalue weighted by Crippen LogP contribution is -2.07. The van der Waals surface area contributed by atoms with E-state index in [-0.39, 0.29) is 11.0 Å². The summed E-state index contributed by atoms with van der Waals surface area (Å²) >= 11 is 0. The molecule has 10 heteroatoms. The molecule has 3 heterocycles. The number of fused-ring (bicyclic) bond motifs is 1. The van der Waals surface area contributed by atoms with E-state index in [1.54, 1.807) is 30.7 Å². The van der Waals surface area contributed by atoms with Gasteiger partial charge in [0.25, 0.3) is 0 Å². The summed E-state index contributed by atoms with van der Waals surface area (Å²) in [4.78, 5) is 12.4. The maximum absolute atomic E-state index is 12.8. The SMILES string of the molecule is CCS(=O)c1cccnc1-c1nc2cc(C(F)(F)F)ncc2n1C.O. The maximum Gasteiger partial charge on any atom is 0.433 e. The van der Waals surface area contributed by atoms with Crippen molar-refractivity contribution in [2.45, 2.75) is 18.0 Å². The van der Waals surface area contributed by atoms with Crippen LogP contribution in [0.1, 0.15) is 12.6 Å². The minimum absolute atomic E-state index is 0. The van der Waals surface area contributed by atoms with Gasteiger partial charge in [0.2, 0.25) is 0 Å². The van der Waals surface area contributed by atoms with Crippen LogP contribution in [0.25, 0.3) is 22.6 Å². The molecule has 0 saturated carbocycles. The van der Waals surface area contributed by atoms with Crippen LogP contribution in [0.5, 0.6) is 0 Å². The Balaban J connectivity index is 0.00000225. The molecule has 0 aliphatic carbocycles. The lowest BCUT2D eigenvalue weighted by Gasteiger charge is -2.07. The van der Waals surface area contributed by atoms with Crippen LogP contribution in [0.3, 0.4) is 0 Å². The molecule has 6 nitrogen and oxygen atoms in total. The standard InChI is InChI=1S/C15H13F3N4OS.H2O/c1-3-24(23)11-5-4-6-19-13(11)14-21-9-7-12(15(16,17)18)20-8-10(9)22(14)2;/h4-8H,3H2,1-2H3;1H2. The van der Waals surface area contributed by atoms with Crippen LogP contribution in [0.15, 0.2) is 35.5 Å². The second kappa shape index (κ2) is 6.89. The molecule has 0 fully saturated rings. The Morgan fingerprint density at radius 3 is 2.64 bits per heavy atom. The van der Waals surface area contributed by atoms with Crippen molar-refractivity contribution in [1.29, 1.82) is 0 Å². The smallest absolute Gasteiger partial charge is 0.412 e. The van der Waals surface area contributed by atoms with Gasteiger partial charge in [-0.25, -0.2) is 9.97 Å². The molecule has 3 aromatic heterocycles. The molecule has 1 unspecified atom stereocenters. The molecule has 3 rings (SSSR count). The number of hydrogen-bond acceptors (Lipinski definition) is 4. The monoisotopic (exact) mass is 372 g/mol. The summed E-state index contributed by atoms with van der Waals surface area (Å²) in [5.74, 6) is 0.756. The fourth-order valence-corrected chi connectivity index (χ4v) is 3.25. The van der Waals surface area contributed by atoms with E-state index in [1.165, 1.54) is 6.20 Å². The van der Waals surface area contributed by atoms with Crippen molar-refractivity contribution in [1.82, 2.24) is 19.5 Å². The Hall–Kier alpha value is -2.33. The van der Waals surface area contributed by atoms with Crippen LogP contribution in [0.2, 0.25) is 0 Å². The summed E-state index contributed by atoms with van der Waals surface area (Å²) in [6, 6.07) is 4.25. The molecule has 25 heavy (non-hydrogen) atoms. The molecular weight excluding hydrogens is 357 g/mol. The third-order valence-corrected chi connectivity index (χ3v) is 4.89. The van der Waals surface area contributed by atoms with Crippen molar-refractivity contribution in [3.05, 3.63) is 36.3 Å². The molecule has 0 bridgehead atoms. The summed E-state index contributed by atoms with van der Waals surface area (Å²) in [5, 5.41) is 0. The molecule has 0 aromatic carbocycles. The molecule has 0 radical (unpaired) electrons. The van der Waals surface area contributed by atoms with E-state index < -0.39 is 22.7 Å². The van der Waals surface area contributed by atoms with E-state index in [1.807, 2.05) is 0 Å². The fraction of sp³-hybridized carbons (Fsp3) is 0.267. The number of aromatic nitrogens is 4. The Kier molecular flexibility index (Phi) is 5.23. The van der Waals surface area contributed by atoms with E-state index in [9.17, 15) is 17.4 Å². The molecule has 0 aliphatic heterocycles. The Labute approximate surface area is 143 Å². The molecule has 2 N–H and O–H groups in total. The number of hydrogen-bond donors (Lipinski definition) is 0. The average molecular weight is 372 g/mol. The lowest BCUT2D eigenvalue weighted by molar-refractivity contribution is -0.141. The minimum atomic E-state index is -4.54. The van der Waals surface area contributed by atoms with Gasteiger partial charge in [0, 0.05) is 19.0 Å². The van der Waals surface area contributed by atoms with Gasteiger partial charge in [0.1, 0.15) is 11.4 Å². The zero-order chi connectivity index (χ0) is 17.5. The predicted molar refractivity (Wildman–Crippen MR) is 87.3 cm³/mol. The Bertz CT molecular complexity index is 940. The first-order valence-electron chi connectivity index (χ1n) is 7.06. The highest BCUT2D eigenvalue weighted by molar-refractivity contribution is 7.85. The number of imidazole rings is 1. The van der Waals surface area contributed by atoms with Gasteiger partial charge in [-0.2, -0.15) is 13.2 Å². The number of pyridine rings is 2. The lowest BCUT2D eigenvalue weighted by atomic mass is 10.3. The van der Waals surface area contributed by atoms with Gasteiger partial charge in [-0.1, -0.05) is 6.92 Å². The normalized spacial score (nSPS) is 12.8. The summed E-state index contributed by atoms with van der Waals surface area (Å²) in [6.45, 7) is 1.78. The third-order valence-electron chi connectivity index (χ3n) is 3.55. The second-order valence-corrected chi connectivity index (χ2v) is 6.74. The van der Waals surface area contributed by atoms with E-state index >= 15 is 0 Å². The molecule has 0 spiro atoms. The predicted octanol–water partition coefficient (Wildman–Crippen LogP) is 2.35. The zero-order valence-corrected chi connectivity index (χ0v) is 14.1. The highest BCUT2D eigenvalue weighted by Gasteiger charge is 2.33. The largest absolute Gasteiger partial charge is 0.433 e. The van der Waals surface area contributed by atoms with Crippen molar-refractivity contribution >= 4 is 21.8 Å². The first-order valence-corrected chi connectivity index (χ1v) is 8.38. The van der Waals surface area contributed by atoms with Crippen molar-refractivity contribution in [2.75, 3.05) is 5.75 Å². The third kappa shape index (κ3) is 3.40. The van der Waals surface area contributed by atoms with Gasteiger partial charge < -0.3 is 10.0 Å². The number of halogens is 3. The summed E-state index contributed by atoms with van der Waals surface area (Å²) in [7, 11) is 0.397. The minimum Gasteiger partial charge on any atom is -0.412 e. The second-order valence-electron chi connectivity index (χ2n) is 5.03. The molecule has 0 aliphatic rings. The summed E-state index contributed by atoms with van der Waals surface area (Å²) < 4.78 is 52.2. The molecular formula is C15H15F3N4O2S. The van der Waals surface area contributed by atoms with Crippen molar-refractivity contribution in [3.8, 4) is 11.5 Å². The molecule has 3 aromatic rings. The average Bonchev–Trinajstić information content (AvgIpc) is 2.89. The number of aryl methyl sites for hydroxylation is 1. The maximum atomic E-state index is 12.8. The van der Waals surface area contributed by atoms with E-state index in [4.69, 9.17) is 0 Å². The van der Waals surface area contributed by atoms with Gasteiger partial charge >= 0.3 is 6.18 Å². The van der Waals surface area contributed by atoms with Crippen LogP contribution in [0, 0.1) is 0 Å². The van der Waals surface area contributed by atoms with Crippen molar-refractivity contribution in [3.63, 3.8) is 0 Å². The number of rotatable bonds is 3. The van der Waals surface area contributed by atoms with Gasteiger partial charge in [0.15, 0.2) is 5.82 Å². The van der Waals surface area contributed by atoms with Crippen LogP contribution in [-0.4, -0.2) is 35.0 Å². The molecule has 1 atom stereocenters. The molecule has 0 amide bonds. The fourth-order valence-electron chi connectivity index (χ4n) is 2.35. The van der Waals surface area contributed by atoms with Gasteiger partial charge in [-0.05, 0) is 18.2 Å². The topological polar surface area (TPSA) is 92.2 Å². The zero-order valence-electron chi connectivity index (χ0n) is 13.3. The van der Waals surface area contributed by atoms with Crippen molar-refractivity contribution in [2.24, 2.45) is 7.05 Å². The summed E-state index contributed by atoms with van der Waals surface area (Å²) in [6.07, 6.45) is -1.87. The first-order chi connectivity index (χ1) is 11.3. The van der Waals surface area contributed by atoms with E-state index in [0.717, 1.165) is 12.3 Å². The van der Waals surface area contributed by atoms with Crippen LogP contribution < -0.4 is 0 Å². The van der Waals surface area contributed by atoms with Crippen LogP contribution in [-0.2, 0) is 24.0 Å². The molecule has 134 valence electrons. The summed E-state index contributed by atoms with van der Waals surface area (Å²) in [5.41, 5.74) is -0.00596. The Morgan fingerprint density at radius 1 is 1.28 bits per heavy atom. The quantitative estimate of drug-likeness (QED) is 0.705. The van der Waals surface area contributed by atoms with Gasteiger partial charge in [0.05, 0.1) is 32.9 Å². The van der Waals surface area contributed by atoms with Crippen LogP contribution >= 0.6 is 0 Å². The van der Waals surface area contributed by atoms with Crippen molar-refractivity contribution < 1.29 is 22.9 Å². The molecule has 0 saturated heterocycles. The highest BCUT2D eigenvalue weighted by Crippen LogP contribution is 2.31. The highest BCUT2D eigenvalue weighted by atomic mass is 32.2. The van der Waals surface area contributed by atoms with Gasteiger partial charge in [-0.3, -0.25) is 9.19 Å². The van der Waals surface area contributed by atoms with E-state index in [2.05, 4.69) is 15.0 Å². The van der Waals surface area contributed by atoms with E-state index in [0.29, 0.717) is 27.7 Å². The van der Waals surface area contributed by atoms with Crippen LogP contribution in [0.4, 0.5) is 13.2 Å².